The number of halogens is 4. The first-order chi connectivity index (χ1) is 5.52. The number of nitrogens with zero attached hydrogens (tertiary/aromatic N) is 1. The second kappa shape index (κ2) is 3.43. The van der Waals surface area contributed by atoms with Gasteiger partial charge in [0.2, 0.25) is 0 Å². The monoisotopic (exact) mass is 239 g/mol. The van der Waals surface area contributed by atoms with Crippen LogP contribution in [-0.2, 0) is 0 Å². The summed E-state index contributed by atoms with van der Waals surface area (Å²) in [6, 6.07) is 0.990. The molecule has 0 N–H and O–H groups in total. The van der Waals surface area contributed by atoms with E-state index >= 15 is 0 Å². The van der Waals surface area contributed by atoms with Gasteiger partial charge in [0.1, 0.15) is 5.69 Å². The van der Waals surface area contributed by atoms with Gasteiger partial charge in [0.25, 0.3) is 6.43 Å². The minimum atomic E-state index is -2.86. The fraction of sp³-hybridized carbons (Fsp3) is 0.286. The van der Waals surface area contributed by atoms with Gasteiger partial charge < -0.3 is 0 Å². The number of hydrogen-bond acceptors (Lipinski definition) is 1. The van der Waals surface area contributed by atoms with Crippen molar-refractivity contribution in [3.8, 4) is 0 Å². The second-order valence-electron chi connectivity index (χ2n) is 2.22. The average Bonchev–Trinajstić information content (AvgIpc) is 1.96. The molecule has 0 aromatic carbocycles. The van der Waals surface area contributed by atoms with Gasteiger partial charge in [-0.15, -0.1) is 0 Å². The number of alkyl halides is 2. The largest absolute Gasteiger partial charge is 0.283 e. The van der Waals surface area contributed by atoms with E-state index in [0.29, 0.717) is 10.2 Å². The van der Waals surface area contributed by atoms with Crippen LogP contribution in [0, 0.1) is 12.7 Å². The Labute approximate surface area is 75.7 Å². The lowest BCUT2D eigenvalue weighted by atomic mass is 10.3. The van der Waals surface area contributed by atoms with Crippen LogP contribution in [0.25, 0.3) is 0 Å². The third-order valence-corrected chi connectivity index (χ3v) is 2.14. The second-order valence-corrected chi connectivity index (χ2v) is 3.08. The molecule has 1 nitrogen and oxygen atoms in total. The Morgan fingerprint density at radius 1 is 1.50 bits per heavy atom. The molecule has 0 saturated carbocycles. The molecule has 1 rings (SSSR count). The van der Waals surface area contributed by atoms with E-state index in [4.69, 9.17) is 0 Å². The summed E-state index contributed by atoms with van der Waals surface area (Å²) in [6.45, 7) is 1.52. The van der Waals surface area contributed by atoms with E-state index in [9.17, 15) is 13.2 Å². The molecule has 0 spiro atoms. The summed E-state index contributed by atoms with van der Waals surface area (Å²) < 4.78 is 37.1. The molecule has 1 heterocycles. The minimum Gasteiger partial charge on any atom is -0.248 e. The molecule has 0 saturated heterocycles. The van der Waals surface area contributed by atoms with Gasteiger partial charge in [0.05, 0.1) is 5.69 Å². The number of rotatable bonds is 1. The molecule has 0 unspecified atom stereocenters. The van der Waals surface area contributed by atoms with E-state index in [2.05, 4.69) is 20.9 Å². The van der Waals surface area contributed by atoms with Crippen molar-refractivity contribution in [2.75, 3.05) is 0 Å². The lowest BCUT2D eigenvalue weighted by molar-refractivity contribution is 0.140. The average molecular weight is 240 g/mol. The van der Waals surface area contributed by atoms with Crippen LogP contribution in [0.15, 0.2) is 10.5 Å². The van der Waals surface area contributed by atoms with Gasteiger partial charge in [-0.1, -0.05) is 0 Å². The summed E-state index contributed by atoms with van der Waals surface area (Å²) in [7, 11) is 0. The lowest BCUT2D eigenvalue weighted by Gasteiger charge is -2.03. The zero-order valence-corrected chi connectivity index (χ0v) is 7.70. The van der Waals surface area contributed by atoms with Gasteiger partial charge in [0, 0.05) is 4.47 Å². The molecule has 1 aromatic rings. The Bertz CT molecular complexity index is 301. The number of hydrogen-bond donors (Lipinski definition) is 0. The molecule has 66 valence electrons. The molecule has 12 heavy (non-hydrogen) atoms. The number of pyridine rings is 1. The first kappa shape index (κ1) is 9.51. The summed E-state index contributed by atoms with van der Waals surface area (Å²) >= 11 is 2.98. The highest BCUT2D eigenvalue weighted by Gasteiger charge is 2.16. The van der Waals surface area contributed by atoms with Gasteiger partial charge in [-0.2, -0.15) is 0 Å². The molecule has 0 fully saturated rings. The quantitative estimate of drug-likeness (QED) is 0.734. The van der Waals surface area contributed by atoms with Crippen LogP contribution in [0.2, 0.25) is 0 Å². The zero-order chi connectivity index (χ0) is 9.30. The van der Waals surface area contributed by atoms with Crippen LogP contribution >= 0.6 is 15.9 Å². The molecule has 0 amide bonds. The standard InChI is InChI=1S/C7H5BrF3N/c1-3-4(8)2-5(9)6(12-3)7(10)11/h2,7H,1H3. The van der Waals surface area contributed by atoms with Gasteiger partial charge in [-0.3, -0.25) is 0 Å². The lowest BCUT2D eigenvalue weighted by Crippen LogP contribution is -1.98. The molecule has 5 heteroatoms. The molecular weight excluding hydrogens is 235 g/mol. The summed E-state index contributed by atoms with van der Waals surface area (Å²) in [5, 5.41) is 0. The van der Waals surface area contributed by atoms with Crippen LogP contribution in [0.3, 0.4) is 0 Å². The van der Waals surface area contributed by atoms with Crippen LogP contribution in [0.4, 0.5) is 13.2 Å². The molecule has 0 radical (unpaired) electrons. The molecular formula is C7H5BrF3N. The topological polar surface area (TPSA) is 12.9 Å². The third kappa shape index (κ3) is 1.77. The Hall–Kier alpha value is -0.580. The first-order valence-electron chi connectivity index (χ1n) is 3.13. The molecule has 0 aliphatic rings. The molecule has 0 aliphatic carbocycles. The summed E-state index contributed by atoms with van der Waals surface area (Å²) in [4.78, 5) is 3.40. The maximum Gasteiger partial charge on any atom is 0.283 e. The van der Waals surface area contributed by atoms with E-state index in [1.165, 1.54) is 6.92 Å². The maximum atomic E-state index is 12.7. The number of aryl methyl sites for hydroxylation is 1. The predicted molar refractivity (Wildman–Crippen MR) is 41.6 cm³/mol. The Morgan fingerprint density at radius 2 is 2.08 bits per heavy atom. The fourth-order valence-corrected chi connectivity index (χ4v) is 1.02. The van der Waals surface area contributed by atoms with E-state index in [0.717, 1.165) is 6.07 Å². The van der Waals surface area contributed by atoms with Crippen LogP contribution in [-0.4, -0.2) is 4.98 Å². The molecule has 0 aliphatic heterocycles. The minimum absolute atomic E-state index is 0.353. The van der Waals surface area contributed by atoms with Crippen molar-refractivity contribution in [2.24, 2.45) is 0 Å². The SMILES string of the molecule is Cc1nc(C(F)F)c(F)cc1Br. The van der Waals surface area contributed by atoms with E-state index in [1.807, 2.05) is 0 Å². The third-order valence-electron chi connectivity index (χ3n) is 1.34. The van der Waals surface area contributed by atoms with Gasteiger partial charge in [0.15, 0.2) is 5.82 Å². The molecule has 0 atom stereocenters. The smallest absolute Gasteiger partial charge is 0.248 e. The van der Waals surface area contributed by atoms with Gasteiger partial charge in [-0.25, -0.2) is 18.2 Å². The van der Waals surface area contributed by atoms with Gasteiger partial charge in [-0.05, 0) is 28.9 Å². The van der Waals surface area contributed by atoms with Crippen LogP contribution < -0.4 is 0 Å². The number of aromatic nitrogens is 1. The van der Waals surface area contributed by atoms with Crippen molar-refractivity contribution in [3.05, 3.63) is 27.7 Å². The van der Waals surface area contributed by atoms with Crippen molar-refractivity contribution in [1.29, 1.82) is 0 Å². The highest BCUT2D eigenvalue weighted by atomic mass is 79.9. The van der Waals surface area contributed by atoms with Crippen molar-refractivity contribution in [3.63, 3.8) is 0 Å². The van der Waals surface area contributed by atoms with Crippen molar-refractivity contribution < 1.29 is 13.2 Å². The van der Waals surface area contributed by atoms with Crippen molar-refractivity contribution in [1.82, 2.24) is 4.98 Å². The van der Waals surface area contributed by atoms with Crippen molar-refractivity contribution >= 4 is 15.9 Å². The van der Waals surface area contributed by atoms with Gasteiger partial charge >= 0.3 is 0 Å². The first-order valence-corrected chi connectivity index (χ1v) is 3.92. The Kier molecular flexibility index (Phi) is 2.72. The molecule has 0 bridgehead atoms. The van der Waals surface area contributed by atoms with Crippen LogP contribution in [0.5, 0.6) is 0 Å². The maximum absolute atomic E-state index is 12.7. The fourth-order valence-electron chi connectivity index (χ4n) is 0.730. The normalized spacial score (nSPS) is 10.8. The zero-order valence-electron chi connectivity index (χ0n) is 6.11. The van der Waals surface area contributed by atoms with E-state index in [1.54, 1.807) is 0 Å². The van der Waals surface area contributed by atoms with Crippen LogP contribution in [0.1, 0.15) is 17.8 Å². The Balaban J connectivity index is 3.23. The predicted octanol–water partition coefficient (Wildman–Crippen LogP) is 3.23. The van der Waals surface area contributed by atoms with E-state index in [-0.39, 0.29) is 0 Å². The van der Waals surface area contributed by atoms with E-state index < -0.39 is 17.9 Å². The highest BCUT2D eigenvalue weighted by Crippen LogP contribution is 2.24. The molecule has 1 aromatic heterocycles. The Morgan fingerprint density at radius 3 is 2.58 bits per heavy atom. The summed E-state index contributed by atoms with van der Waals surface area (Å²) in [6.07, 6.45) is -2.86. The van der Waals surface area contributed by atoms with Crippen molar-refractivity contribution in [2.45, 2.75) is 13.3 Å². The summed E-state index contributed by atoms with van der Waals surface area (Å²) in [5.41, 5.74) is -0.442. The summed E-state index contributed by atoms with van der Waals surface area (Å²) in [5.74, 6) is -0.984. The highest BCUT2D eigenvalue weighted by molar-refractivity contribution is 9.10.